The SMILES string of the molecule is CC[C@@H](C)C(C(CC(=O)N1CCC[C@@H]1[C@@H](OC)[C@H](C)C(=O)N[C@@H](C)C(O)c1ccccc1)OC)N(C)C(=O)[C@H](NC(=O)[C@@H](C(C)C)N(C)C(=O)OCc1ccc(NC(=O)[C@@H](CCCNC(N)=O)NC(=O)[C@H](NC(=O)NCCOCCOCCC(C)C)C(C)C)cc1)C(C)C. The number of nitrogens with zero attached hydrogens (tertiary/aromatic N) is 3. The largest absolute Gasteiger partial charge is 0.445 e. The highest BCUT2D eigenvalue weighted by molar-refractivity contribution is 5.98. The van der Waals surface area contributed by atoms with E-state index in [0.29, 0.717) is 68.4 Å². The number of rotatable bonds is 41. The zero-order valence-corrected chi connectivity index (χ0v) is 58.6. The van der Waals surface area contributed by atoms with E-state index < -0.39 is 120 Å². The summed E-state index contributed by atoms with van der Waals surface area (Å²) >= 11 is 0. The van der Waals surface area contributed by atoms with Gasteiger partial charge in [-0.1, -0.05) is 125 Å². The van der Waals surface area contributed by atoms with E-state index in [1.165, 1.54) is 26.2 Å². The molecule has 0 saturated carbocycles. The number of aliphatic hydroxyl groups excluding tert-OH is 1. The molecule has 11 amide bonds. The first-order valence-corrected chi connectivity index (χ1v) is 33.3. The number of ether oxygens (including phenoxy) is 5. The Morgan fingerprint density at radius 3 is 1.89 bits per heavy atom. The highest BCUT2D eigenvalue weighted by atomic mass is 16.6. The number of nitrogens with one attached hydrogen (secondary N) is 7. The number of aliphatic hydroxyl groups is 1. The lowest BCUT2D eigenvalue weighted by atomic mass is 9.89. The van der Waals surface area contributed by atoms with Crippen molar-refractivity contribution in [3.63, 3.8) is 0 Å². The van der Waals surface area contributed by atoms with Crippen LogP contribution in [0.2, 0.25) is 0 Å². The van der Waals surface area contributed by atoms with Gasteiger partial charge in [0, 0.05) is 60.2 Å². The molecule has 1 heterocycles. The molecule has 2 aromatic rings. The van der Waals surface area contributed by atoms with Crippen LogP contribution >= 0.6 is 0 Å². The van der Waals surface area contributed by atoms with E-state index in [9.17, 15) is 48.3 Å². The second-order valence-corrected chi connectivity index (χ2v) is 26.0. The molecule has 10 N–H and O–H groups in total. The van der Waals surface area contributed by atoms with E-state index in [0.717, 1.165) is 6.42 Å². The molecule has 530 valence electrons. The molecular formula is C68H113N11O15. The van der Waals surface area contributed by atoms with Crippen molar-refractivity contribution in [2.75, 3.05) is 79.7 Å². The van der Waals surface area contributed by atoms with E-state index in [-0.39, 0.29) is 69.2 Å². The number of hydrogen-bond acceptors (Lipinski definition) is 15. The monoisotopic (exact) mass is 1320 g/mol. The van der Waals surface area contributed by atoms with Gasteiger partial charge in [0.25, 0.3) is 0 Å². The van der Waals surface area contributed by atoms with E-state index in [4.69, 9.17) is 29.4 Å². The fraction of sp³-hybridized carbons (Fsp3) is 0.691. The number of amides is 11. The molecule has 1 saturated heterocycles. The highest BCUT2D eigenvalue weighted by Gasteiger charge is 2.44. The minimum absolute atomic E-state index is 0.0870. The summed E-state index contributed by atoms with van der Waals surface area (Å²) in [6, 6.07) is 8.24. The molecule has 1 fully saturated rings. The predicted octanol–water partition coefficient (Wildman–Crippen LogP) is 5.85. The Hall–Kier alpha value is -7.13. The van der Waals surface area contributed by atoms with Gasteiger partial charge in [0.2, 0.25) is 35.4 Å². The second-order valence-electron chi connectivity index (χ2n) is 26.0. The number of hydrogen-bond donors (Lipinski definition) is 9. The highest BCUT2D eigenvalue weighted by Crippen LogP contribution is 2.30. The molecule has 0 spiro atoms. The molecule has 2 aromatic carbocycles. The van der Waals surface area contributed by atoms with Crippen molar-refractivity contribution in [3.05, 3.63) is 65.7 Å². The predicted molar refractivity (Wildman–Crippen MR) is 359 cm³/mol. The molecule has 1 aliphatic heterocycles. The van der Waals surface area contributed by atoms with Gasteiger partial charge >= 0.3 is 18.2 Å². The Bertz CT molecular complexity index is 2670. The molecule has 0 aliphatic carbocycles. The summed E-state index contributed by atoms with van der Waals surface area (Å²) in [6.45, 7) is 24.5. The van der Waals surface area contributed by atoms with Crippen molar-refractivity contribution in [2.24, 2.45) is 41.2 Å². The van der Waals surface area contributed by atoms with Crippen molar-refractivity contribution in [2.45, 2.75) is 195 Å². The van der Waals surface area contributed by atoms with E-state index >= 15 is 0 Å². The van der Waals surface area contributed by atoms with Crippen molar-refractivity contribution >= 4 is 59.3 Å². The van der Waals surface area contributed by atoms with Crippen LogP contribution in [-0.4, -0.2) is 202 Å². The minimum atomic E-state index is -1.10. The first-order chi connectivity index (χ1) is 44.5. The standard InChI is InChI=1S/C68H113N11O15/c1-17-45(10)58(53(90-15)39-54(80)79-34-22-26-52(79)60(91-16)46(11)61(82)72-47(12)59(81)49-23-19-18-20-24-49)77(13)65(86)56(43(6)7)75-64(85)57(44(8)9)78(14)68(89)94-40-48-27-29-50(30-28-48)73-62(83)51(25-21-32-70-66(69)87)74-63(84)55(42(4)5)76-67(88)71-33-36-93-38-37-92-35-31-41(2)3/h18-20,23-24,27-30,41-47,51-53,55-60,81H,17,21-22,25-26,31-40H2,1-16H3,(H,72,82)(H,73,83)(H,74,84)(H,75,85)(H3,69,70,87)(H2,71,76,88)/t45-,46+,47+,51-,52-,53?,55-,56-,57-,58?,59?,60+/m1/s1. The normalized spacial score (nSPS) is 16.7. The maximum Gasteiger partial charge on any atom is 0.410 e. The molecule has 94 heavy (non-hydrogen) atoms. The number of benzene rings is 2. The number of primary amides is 1. The zero-order valence-electron chi connectivity index (χ0n) is 58.6. The van der Waals surface area contributed by atoms with Crippen LogP contribution in [0.1, 0.15) is 145 Å². The summed E-state index contributed by atoms with van der Waals surface area (Å²) in [6.07, 6.45) is -0.0577. The van der Waals surface area contributed by atoms with Gasteiger partial charge in [-0.2, -0.15) is 0 Å². The van der Waals surface area contributed by atoms with Crippen molar-refractivity contribution in [1.82, 2.24) is 46.6 Å². The van der Waals surface area contributed by atoms with Gasteiger partial charge < -0.3 is 81.5 Å². The van der Waals surface area contributed by atoms with Crippen LogP contribution in [0.25, 0.3) is 0 Å². The number of anilines is 1. The summed E-state index contributed by atoms with van der Waals surface area (Å²) in [5, 5.41) is 30.2. The smallest absolute Gasteiger partial charge is 0.410 e. The Balaban J connectivity index is 1.67. The zero-order chi connectivity index (χ0) is 70.4. The molecule has 1 aliphatic rings. The molecule has 0 bridgehead atoms. The second kappa shape index (κ2) is 41.6. The minimum Gasteiger partial charge on any atom is -0.445 e. The maximum absolute atomic E-state index is 14.8. The Morgan fingerprint density at radius 1 is 0.681 bits per heavy atom. The number of urea groups is 2. The van der Waals surface area contributed by atoms with Gasteiger partial charge in [0.1, 0.15) is 30.8 Å². The molecule has 3 rings (SSSR count). The fourth-order valence-corrected chi connectivity index (χ4v) is 11.5. The molecule has 26 nitrogen and oxygen atoms in total. The summed E-state index contributed by atoms with van der Waals surface area (Å²) in [5.74, 6) is -4.28. The maximum atomic E-state index is 14.8. The van der Waals surface area contributed by atoms with Gasteiger partial charge in [-0.25, -0.2) is 14.4 Å². The van der Waals surface area contributed by atoms with Gasteiger partial charge in [0.05, 0.1) is 68.6 Å². The van der Waals surface area contributed by atoms with Gasteiger partial charge in [-0.3, -0.25) is 33.7 Å². The number of likely N-dealkylation sites (N-methyl/N-ethyl adjacent to an activating group) is 2. The van der Waals surface area contributed by atoms with E-state index in [1.54, 1.807) is 109 Å². The van der Waals surface area contributed by atoms with Crippen LogP contribution in [0, 0.1) is 35.5 Å². The van der Waals surface area contributed by atoms with E-state index in [2.05, 4.69) is 51.1 Å². The van der Waals surface area contributed by atoms with Crippen molar-refractivity contribution < 1.29 is 71.9 Å². The summed E-state index contributed by atoms with van der Waals surface area (Å²) < 4.78 is 28.8. The summed E-state index contributed by atoms with van der Waals surface area (Å²) in [5.41, 5.74) is 6.80. The first-order valence-electron chi connectivity index (χ1n) is 33.3. The lowest BCUT2D eigenvalue weighted by Crippen LogP contribution is -2.60. The van der Waals surface area contributed by atoms with Crippen LogP contribution in [-0.2, 0) is 59.1 Å². The van der Waals surface area contributed by atoms with Crippen LogP contribution in [0.15, 0.2) is 54.6 Å². The number of likely N-dealkylation sites (tertiary alicyclic amines) is 1. The third-order valence-electron chi connectivity index (χ3n) is 17.2. The molecule has 0 radical (unpaired) electrons. The number of methoxy groups -OCH3 is 2. The van der Waals surface area contributed by atoms with Gasteiger partial charge in [-0.15, -0.1) is 0 Å². The lowest BCUT2D eigenvalue weighted by Gasteiger charge is -2.41. The number of carbonyl (C=O) groups excluding carboxylic acids is 9. The molecule has 0 aromatic heterocycles. The van der Waals surface area contributed by atoms with Crippen LogP contribution in [0.3, 0.4) is 0 Å². The summed E-state index contributed by atoms with van der Waals surface area (Å²) in [4.78, 5) is 127. The van der Waals surface area contributed by atoms with E-state index in [1.807, 2.05) is 32.0 Å². The molecule has 12 atom stereocenters. The number of nitrogens with two attached hydrogens (primary N) is 1. The average molecular weight is 1320 g/mol. The first kappa shape index (κ1) is 81.1. The van der Waals surface area contributed by atoms with Crippen molar-refractivity contribution in [3.8, 4) is 0 Å². The Labute approximate surface area is 557 Å². The Morgan fingerprint density at radius 2 is 1.32 bits per heavy atom. The average Bonchev–Trinajstić information content (AvgIpc) is 1.42. The van der Waals surface area contributed by atoms with Crippen LogP contribution < -0.4 is 43.0 Å². The Kier molecular flexibility index (Phi) is 35.9. The third kappa shape index (κ3) is 26.2. The summed E-state index contributed by atoms with van der Waals surface area (Å²) in [7, 11) is 6.10. The molecular weight excluding hydrogens is 1210 g/mol. The van der Waals surface area contributed by atoms with Crippen LogP contribution in [0.4, 0.5) is 20.1 Å². The fourth-order valence-electron chi connectivity index (χ4n) is 11.5. The third-order valence-corrected chi connectivity index (χ3v) is 17.2. The lowest BCUT2D eigenvalue weighted by molar-refractivity contribution is -0.148. The van der Waals surface area contributed by atoms with Gasteiger partial charge in [0.15, 0.2) is 0 Å². The topological polar surface area (TPSA) is 340 Å². The quantitative estimate of drug-likeness (QED) is 0.0353. The van der Waals surface area contributed by atoms with Gasteiger partial charge in [-0.05, 0) is 91.9 Å². The van der Waals surface area contributed by atoms with Crippen LogP contribution in [0.5, 0.6) is 0 Å². The number of carbonyl (C=O) groups is 9. The molecule has 3 unspecified atom stereocenters. The molecule has 26 heteroatoms. The van der Waals surface area contributed by atoms with Crippen molar-refractivity contribution in [1.29, 1.82) is 0 Å².